The molecule has 3 nitrogen and oxygen atoms in total. The Kier molecular flexibility index (Phi) is 5.41. The highest BCUT2D eigenvalue weighted by molar-refractivity contribution is 9.10. The molecule has 2 rings (SSSR count). The lowest BCUT2D eigenvalue weighted by molar-refractivity contribution is 0.602. The number of nitriles is 1. The van der Waals surface area contributed by atoms with E-state index in [1.807, 2.05) is 0 Å². The van der Waals surface area contributed by atoms with Crippen LogP contribution in [0.4, 0.5) is 0 Å². The van der Waals surface area contributed by atoms with Crippen LogP contribution < -0.4 is 0 Å². The summed E-state index contributed by atoms with van der Waals surface area (Å²) in [6.45, 7) is 0. The van der Waals surface area contributed by atoms with Crippen molar-refractivity contribution < 1.29 is 8.42 Å². The Bertz CT molecular complexity index is 852. The van der Waals surface area contributed by atoms with Crippen LogP contribution >= 0.6 is 27.5 Å². The molecule has 2 aromatic rings. The zero-order valence-corrected chi connectivity index (χ0v) is 14.5. The molecular formula is C16H11BrClNO2S. The molecule has 0 aliphatic heterocycles. The molecule has 0 unspecified atom stereocenters. The highest BCUT2D eigenvalue weighted by Crippen LogP contribution is 2.22. The van der Waals surface area contributed by atoms with Gasteiger partial charge in [0.25, 0.3) is 0 Å². The molecule has 0 spiro atoms. The van der Waals surface area contributed by atoms with Gasteiger partial charge in [0.05, 0.1) is 5.75 Å². The zero-order chi connectivity index (χ0) is 16.2. The van der Waals surface area contributed by atoms with Gasteiger partial charge in [-0.2, -0.15) is 5.26 Å². The molecule has 2 aromatic carbocycles. The van der Waals surface area contributed by atoms with Gasteiger partial charge < -0.3 is 0 Å². The van der Waals surface area contributed by atoms with Crippen molar-refractivity contribution in [3.8, 4) is 6.07 Å². The Labute approximate surface area is 142 Å². The van der Waals surface area contributed by atoms with Gasteiger partial charge >= 0.3 is 0 Å². The van der Waals surface area contributed by atoms with Gasteiger partial charge in [-0.25, -0.2) is 8.42 Å². The van der Waals surface area contributed by atoms with Crippen LogP contribution in [0.2, 0.25) is 5.02 Å². The van der Waals surface area contributed by atoms with Crippen molar-refractivity contribution >= 4 is 43.4 Å². The van der Waals surface area contributed by atoms with Gasteiger partial charge in [-0.05, 0) is 35.4 Å². The lowest BCUT2D eigenvalue weighted by Gasteiger charge is -2.04. The third kappa shape index (κ3) is 4.20. The number of halogens is 2. The molecule has 0 fully saturated rings. The summed E-state index contributed by atoms with van der Waals surface area (Å²) in [5.41, 5.74) is 1.11. The number of hydrogen-bond acceptors (Lipinski definition) is 3. The van der Waals surface area contributed by atoms with Crippen molar-refractivity contribution in [1.82, 2.24) is 0 Å². The van der Waals surface area contributed by atoms with Gasteiger partial charge in [-0.1, -0.05) is 57.9 Å². The molecule has 0 saturated carbocycles. The SMILES string of the molecule is N#C/C(=C/c1ccccc1Cl)S(=O)(=O)Cc1ccc(Br)cc1. The third-order valence-electron chi connectivity index (χ3n) is 2.91. The molecule has 0 aliphatic rings. The Morgan fingerprint density at radius 2 is 1.82 bits per heavy atom. The van der Waals surface area contributed by atoms with Crippen LogP contribution in [-0.4, -0.2) is 8.42 Å². The molecule has 6 heteroatoms. The number of hydrogen-bond donors (Lipinski definition) is 0. The van der Waals surface area contributed by atoms with E-state index in [9.17, 15) is 13.7 Å². The highest BCUT2D eigenvalue weighted by Gasteiger charge is 2.19. The molecule has 0 N–H and O–H groups in total. The van der Waals surface area contributed by atoms with Crippen molar-refractivity contribution in [2.45, 2.75) is 5.75 Å². The van der Waals surface area contributed by atoms with Crippen LogP contribution in [-0.2, 0) is 15.6 Å². The maximum absolute atomic E-state index is 12.4. The summed E-state index contributed by atoms with van der Waals surface area (Å²) in [6, 6.07) is 15.4. The van der Waals surface area contributed by atoms with Crippen molar-refractivity contribution in [2.24, 2.45) is 0 Å². The normalized spacial score (nSPS) is 12.0. The molecule has 0 aromatic heterocycles. The van der Waals surface area contributed by atoms with Gasteiger partial charge in [0.15, 0.2) is 9.84 Å². The van der Waals surface area contributed by atoms with Gasteiger partial charge in [0, 0.05) is 9.50 Å². The first kappa shape index (κ1) is 16.8. The second-order valence-electron chi connectivity index (χ2n) is 4.53. The molecule has 0 heterocycles. The summed E-state index contributed by atoms with van der Waals surface area (Å²) in [7, 11) is -3.73. The summed E-state index contributed by atoms with van der Waals surface area (Å²) < 4.78 is 25.6. The zero-order valence-electron chi connectivity index (χ0n) is 11.3. The first-order valence-corrected chi connectivity index (χ1v) is 9.08. The van der Waals surface area contributed by atoms with Crippen LogP contribution in [0.25, 0.3) is 6.08 Å². The van der Waals surface area contributed by atoms with E-state index < -0.39 is 9.84 Å². The molecule has 0 saturated heterocycles. The van der Waals surface area contributed by atoms with E-state index in [-0.39, 0.29) is 10.7 Å². The Morgan fingerprint density at radius 3 is 2.41 bits per heavy atom. The van der Waals surface area contributed by atoms with Crippen molar-refractivity contribution in [2.75, 3.05) is 0 Å². The quantitative estimate of drug-likeness (QED) is 0.711. The van der Waals surface area contributed by atoms with E-state index in [2.05, 4.69) is 15.9 Å². The van der Waals surface area contributed by atoms with Crippen LogP contribution in [0.5, 0.6) is 0 Å². The van der Waals surface area contributed by atoms with E-state index in [0.717, 1.165) is 4.47 Å². The van der Waals surface area contributed by atoms with Crippen LogP contribution in [0.15, 0.2) is 57.9 Å². The average molecular weight is 397 g/mol. The molecule has 112 valence electrons. The van der Waals surface area contributed by atoms with E-state index >= 15 is 0 Å². The maximum atomic E-state index is 12.4. The summed E-state index contributed by atoms with van der Waals surface area (Å²) in [4.78, 5) is -0.302. The van der Waals surface area contributed by atoms with Gasteiger partial charge in [-0.3, -0.25) is 0 Å². The van der Waals surface area contributed by atoms with Gasteiger partial charge in [0.2, 0.25) is 0 Å². The number of sulfone groups is 1. The Hall–Kier alpha value is -1.61. The van der Waals surface area contributed by atoms with E-state index in [1.54, 1.807) is 54.6 Å². The molecule has 0 amide bonds. The Morgan fingerprint density at radius 1 is 1.18 bits per heavy atom. The second-order valence-corrected chi connectivity index (χ2v) is 7.81. The first-order chi connectivity index (χ1) is 10.4. The van der Waals surface area contributed by atoms with Crippen LogP contribution in [0.3, 0.4) is 0 Å². The topological polar surface area (TPSA) is 57.9 Å². The molecule has 22 heavy (non-hydrogen) atoms. The average Bonchev–Trinajstić information content (AvgIpc) is 2.48. The van der Waals surface area contributed by atoms with E-state index in [4.69, 9.17) is 11.6 Å². The summed E-state index contributed by atoms with van der Waals surface area (Å²) in [5, 5.41) is 9.59. The minimum Gasteiger partial charge on any atom is -0.223 e. The fourth-order valence-electron chi connectivity index (χ4n) is 1.80. The first-order valence-electron chi connectivity index (χ1n) is 6.26. The minimum absolute atomic E-state index is 0.232. The standard InChI is InChI=1S/C16H11BrClNO2S/c17-14-7-5-12(6-8-14)11-22(20,21)15(10-19)9-13-3-1-2-4-16(13)18/h1-9H,11H2/b15-9-. The van der Waals surface area contributed by atoms with Crippen LogP contribution in [0.1, 0.15) is 11.1 Å². The third-order valence-corrected chi connectivity index (χ3v) is 5.37. The van der Waals surface area contributed by atoms with E-state index in [0.29, 0.717) is 16.1 Å². The largest absolute Gasteiger partial charge is 0.223 e. The fourth-order valence-corrected chi connectivity index (χ4v) is 3.49. The predicted octanol–water partition coefficient (Wildman–Crippen LogP) is 4.58. The Balaban J connectivity index is 2.36. The van der Waals surface area contributed by atoms with Crippen molar-refractivity contribution in [1.29, 1.82) is 5.26 Å². The lowest BCUT2D eigenvalue weighted by atomic mass is 10.2. The van der Waals surface area contributed by atoms with Crippen molar-refractivity contribution in [3.05, 3.63) is 74.1 Å². The highest BCUT2D eigenvalue weighted by atomic mass is 79.9. The summed E-state index contributed by atoms with van der Waals surface area (Å²) in [5.74, 6) is -0.232. The summed E-state index contributed by atoms with van der Waals surface area (Å²) >= 11 is 9.29. The van der Waals surface area contributed by atoms with Crippen LogP contribution in [0, 0.1) is 11.3 Å². The second kappa shape index (κ2) is 7.10. The number of rotatable bonds is 4. The molecular weight excluding hydrogens is 386 g/mol. The maximum Gasteiger partial charge on any atom is 0.192 e. The molecule has 0 atom stereocenters. The van der Waals surface area contributed by atoms with E-state index in [1.165, 1.54) is 6.08 Å². The van der Waals surface area contributed by atoms with Crippen molar-refractivity contribution in [3.63, 3.8) is 0 Å². The number of benzene rings is 2. The smallest absolute Gasteiger partial charge is 0.192 e. The molecule has 0 aliphatic carbocycles. The molecule has 0 radical (unpaired) electrons. The lowest BCUT2D eigenvalue weighted by Crippen LogP contribution is -2.06. The number of nitrogens with zero attached hydrogens (tertiary/aromatic N) is 1. The monoisotopic (exact) mass is 395 g/mol. The summed E-state index contributed by atoms with van der Waals surface area (Å²) in [6.07, 6.45) is 1.30. The predicted molar refractivity (Wildman–Crippen MR) is 91.8 cm³/mol. The van der Waals surface area contributed by atoms with Gasteiger partial charge in [0.1, 0.15) is 11.0 Å². The fraction of sp³-hybridized carbons (Fsp3) is 0.0625. The number of allylic oxidation sites excluding steroid dienone is 1. The molecule has 0 bridgehead atoms. The van der Waals surface area contributed by atoms with Gasteiger partial charge in [-0.15, -0.1) is 0 Å². The minimum atomic E-state index is -3.73.